The van der Waals surface area contributed by atoms with Gasteiger partial charge in [-0.15, -0.1) is 0 Å². The Morgan fingerprint density at radius 3 is 2.89 bits per heavy atom. The lowest BCUT2D eigenvalue weighted by molar-refractivity contribution is 0.0976. The largest absolute Gasteiger partial charge is 0.347 e. The van der Waals surface area contributed by atoms with Gasteiger partial charge < -0.3 is 9.80 Å². The third kappa shape index (κ3) is 2.54. The molecular weight excluding hydrogens is 258 g/mol. The minimum atomic E-state index is 0.297. The zero-order chi connectivity index (χ0) is 13.4. The van der Waals surface area contributed by atoms with Gasteiger partial charge in [-0.2, -0.15) is 0 Å². The van der Waals surface area contributed by atoms with Gasteiger partial charge in [-0.05, 0) is 39.8 Å². The van der Waals surface area contributed by atoms with Crippen molar-refractivity contribution in [3.05, 3.63) is 10.6 Å². The average molecular weight is 279 g/mol. The summed E-state index contributed by atoms with van der Waals surface area (Å²) in [6.07, 6.45) is 5.11. The molecule has 1 aliphatic carbocycles. The summed E-state index contributed by atoms with van der Waals surface area (Å²) in [6.45, 7) is 2.11. The molecule has 1 aromatic heterocycles. The summed E-state index contributed by atoms with van der Waals surface area (Å²) in [7, 11) is 4.29. The van der Waals surface area contributed by atoms with Gasteiger partial charge in [0.25, 0.3) is 0 Å². The van der Waals surface area contributed by atoms with E-state index in [4.69, 9.17) is 4.98 Å². The maximum absolute atomic E-state index is 11.9. The van der Waals surface area contributed by atoms with Crippen LogP contribution in [-0.4, -0.2) is 48.9 Å². The van der Waals surface area contributed by atoms with Crippen molar-refractivity contribution < 1.29 is 4.79 Å². The van der Waals surface area contributed by atoms with Crippen LogP contribution in [0.2, 0.25) is 0 Å². The Morgan fingerprint density at radius 2 is 2.16 bits per heavy atom. The molecule has 19 heavy (non-hydrogen) atoms. The number of thiazole rings is 1. The molecule has 0 spiro atoms. The van der Waals surface area contributed by atoms with Crippen molar-refractivity contribution in [3.63, 3.8) is 0 Å². The maximum Gasteiger partial charge on any atom is 0.186 e. The number of anilines is 1. The summed E-state index contributed by atoms with van der Waals surface area (Å²) in [6, 6.07) is 0.602. The van der Waals surface area contributed by atoms with E-state index in [-0.39, 0.29) is 0 Å². The molecule has 104 valence electrons. The standard InChI is InChI=1S/C14H21N3OS/c1-16(2)10-5-4-8-17(9-10)14-15-11-6-3-7-12(18)13(11)19-14/h10H,3-9H2,1-2H3. The molecule has 2 heterocycles. The van der Waals surface area contributed by atoms with Crippen molar-refractivity contribution in [1.29, 1.82) is 0 Å². The molecule has 3 rings (SSSR count). The summed E-state index contributed by atoms with van der Waals surface area (Å²) >= 11 is 1.61. The van der Waals surface area contributed by atoms with Crippen LogP contribution in [0, 0.1) is 0 Å². The molecular formula is C14H21N3OS. The average Bonchev–Trinajstić information content (AvgIpc) is 2.84. The minimum absolute atomic E-state index is 0.297. The van der Waals surface area contributed by atoms with Crippen molar-refractivity contribution in [3.8, 4) is 0 Å². The van der Waals surface area contributed by atoms with Gasteiger partial charge in [-0.1, -0.05) is 11.3 Å². The number of piperidine rings is 1. The van der Waals surface area contributed by atoms with Crippen molar-refractivity contribution in [2.24, 2.45) is 0 Å². The van der Waals surface area contributed by atoms with Gasteiger partial charge in [0, 0.05) is 25.6 Å². The van der Waals surface area contributed by atoms with Crippen LogP contribution in [0.4, 0.5) is 5.13 Å². The Balaban J connectivity index is 1.80. The summed E-state index contributed by atoms with van der Waals surface area (Å²) in [4.78, 5) is 22.2. The van der Waals surface area contributed by atoms with E-state index >= 15 is 0 Å². The number of ketones is 1. The molecule has 0 amide bonds. The lowest BCUT2D eigenvalue weighted by Crippen LogP contribution is -2.45. The third-order valence-electron chi connectivity index (χ3n) is 4.15. The van der Waals surface area contributed by atoms with E-state index in [0.29, 0.717) is 18.2 Å². The Bertz CT molecular complexity index is 483. The van der Waals surface area contributed by atoms with Crippen LogP contribution in [0.5, 0.6) is 0 Å². The first-order chi connectivity index (χ1) is 9.15. The van der Waals surface area contributed by atoms with Gasteiger partial charge in [-0.25, -0.2) is 4.98 Å². The second-order valence-corrected chi connectivity index (χ2v) is 6.73. The summed E-state index contributed by atoms with van der Waals surface area (Å²) in [5.74, 6) is 0.297. The van der Waals surface area contributed by atoms with Gasteiger partial charge in [0.05, 0.1) is 10.6 Å². The number of nitrogens with zero attached hydrogens (tertiary/aromatic N) is 3. The quantitative estimate of drug-likeness (QED) is 0.831. The predicted octanol–water partition coefficient (Wildman–Crippen LogP) is 2.19. The van der Waals surface area contributed by atoms with Crippen molar-refractivity contribution in [2.45, 2.75) is 38.1 Å². The number of hydrogen-bond donors (Lipinski definition) is 0. The molecule has 1 saturated heterocycles. The van der Waals surface area contributed by atoms with E-state index in [1.165, 1.54) is 12.8 Å². The zero-order valence-electron chi connectivity index (χ0n) is 11.7. The fourth-order valence-electron chi connectivity index (χ4n) is 2.94. The highest BCUT2D eigenvalue weighted by Crippen LogP contribution is 2.33. The molecule has 1 fully saturated rings. The van der Waals surface area contributed by atoms with E-state index in [0.717, 1.165) is 41.6 Å². The third-order valence-corrected chi connectivity index (χ3v) is 5.35. The molecule has 2 aliphatic rings. The van der Waals surface area contributed by atoms with E-state index in [1.807, 2.05) is 0 Å². The van der Waals surface area contributed by atoms with Gasteiger partial charge in [0.1, 0.15) is 0 Å². The molecule has 0 saturated carbocycles. The Hall–Kier alpha value is -0.940. The monoisotopic (exact) mass is 279 g/mol. The smallest absolute Gasteiger partial charge is 0.186 e. The number of aryl methyl sites for hydroxylation is 1. The molecule has 1 unspecified atom stereocenters. The number of Topliss-reactive ketones (excluding diaryl/α,β-unsaturated/α-hetero) is 1. The van der Waals surface area contributed by atoms with Crippen LogP contribution in [0.1, 0.15) is 41.0 Å². The Labute approximate surface area is 118 Å². The normalized spacial score (nSPS) is 23.8. The molecule has 0 N–H and O–H groups in total. The van der Waals surface area contributed by atoms with Crippen LogP contribution >= 0.6 is 11.3 Å². The number of aromatic nitrogens is 1. The fraction of sp³-hybridized carbons (Fsp3) is 0.714. The maximum atomic E-state index is 11.9. The zero-order valence-corrected chi connectivity index (χ0v) is 12.5. The van der Waals surface area contributed by atoms with Gasteiger partial charge in [-0.3, -0.25) is 4.79 Å². The first-order valence-electron chi connectivity index (χ1n) is 7.09. The second kappa shape index (κ2) is 5.21. The Morgan fingerprint density at radius 1 is 1.32 bits per heavy atom. The number of hydrogen-bond acceptors (Lipinski definition) is 5. The molecule has 1 aliphatic heterocycles. The number of carbonyl (C=O) groups excluding carboxylic acids is 1. The molecule has 1 atom stereocenters. The number of carbonyl (C=O) groups is 1. The number of fused-ring (bicyclic) bond motifs is 1. The first kappa shape index (κ1) is 13.1. The summed E-state index contributed by atoms with van der Waals surface area (Å²) < 4.78 is 0. The number of likely N-dealkylation sites (N-methyl/N-ethyl adjacent to an activating group) is 1. The van der Waals surface area contributed by atoms with Gasteiger partial charge >= 0.3 is 0 Å². The van der Waals surface area contributed by atoms with Gasteiger partial charge in [0.15, 0.2) is 10.9 Å². The van der Waals surface area contributed by atoms with Crippen molar-refractivity contribution >= 4 is 22.3 Å². The highest BCUT2D eigenvalue weighted by atomic mass is 32.1. The second-order valence-electron chi connectivity index (χ2n) is 5.75. The molecule has 0 aromatic carbocycles. The van der Waals surface area contributed by atoms with Crippen LogP contribution < -0.4 is 4.90 Å². The lowest BCUT2D eigenvalue weighted by Gasteiger charge is -2.35. The molecule has 1 aromatic rings. The summed E-state index contributed by atoms with van der Waals surface area (Å²) in [5.41, 5.74) is 1.04. The lowest BCUT2D eigenvalue weighted by atomic mass is 10.0. The first-order valence-corrected chi connectivity index (χ1v) is 7.91. The van der Waals surface area contributed by atoms with E-state index in [9.17, 15) is 4.79 Å². The summed E-state index contributed by atoms with van der Waals surface area (Å²) in [5, 5.41) is 1.06. The highest BCUT2D eigenvalue weighted by molar-refractivity contribution is 7.17. The fourth-order valence-corrected chi connectivity index (χ4v) is 4.06. The molecule has 0 bridgehead atoms. The van der Waals surface area contributed by atoms with Crippen LogP contribution in [0.25, 0.3) is 0 Å². The molecule has 5 heteroatoms. The highest BCUT2D eigenvalue weighted by Gasteiger charge is 2.27. The predicted molar refractivity (Wildman–Crippen MR) is 78.3 cm³/mol. The van der Waals surface area contributed by atoms with E-state index < -0.39 is 0 Å². The molecule has 0 radical (unpaired) electrons. The van der Waals surface area contributed by atoms with E-state index in [1.54, 1.807) is 11.3 Å². The minimum Gasteiger partial charge on any atom is -0.347 e. The Kier molecular flexibility index (Phi) is 3.58. The SMILES string of the molecule is CN(C)C1CCCN(c2nc3c(s2)C(=O)CCC3)C1. The van der Waals surface area contributed by atoms with Gasteiger partial charge in [0.2, 0.25) is 0 Å². The molecule has 4 nitrogen and oxygen atoms in total. The van der Waals surface area contributed by atoms with E-state index in [2.05, 4.69) is 23.9 Å². The van der Waals surface area contributed by atoms with Crippen LogP contribution in [-0.2, 0) is 6.42 Å². The van der Waals surface area contributed by atoms with Crippen molar-refractivity contribution in [1.82, 2.24) is 9.88 Å². The van der Waals surface area contributed by atoms with Crippen LogP contribution in [0.15, 0.2) is 0 Å². The topological polar surface area (TPSA) is 36.4 Å². The van der Waals surface area contributed by atoms with Crippen LogP contribution in [0.3, 0.4) is 0 Å². The van der Waals surface area contributed by atoms with Crippen molar-refractivity contribution in [2.75, 3.05) is 32.1 Å². The number of rotatable bonds is 2.